The minimum atomic E-state index is -0.407. The number of H-pyrrole nitrogens is 2. The van der Waals surface area contributed by atoms with E-state index in [0.717, 1.165) is 24.5 Å². The molecule has 37 heavy (non-hydrogen) atoms. The maximum Gasteiger partial charge on any atom is 0.411 e. The van der Waals surface area contributed by atoms with Crippen molar-refractivity contribution in [3.8, 4) is 16.3 Å². The highest BCUT2D eigenvalue weighted by atomic mass is 32.1. The molecule has 0 bridgehead atoms. The van der Waals surface area contributed by atoms with Crippen LogP contribution in [0, 0.1) is 0 Å². The number of thiazole rings is 1. The van der Waals surface area contributed by atoms with E-state index in [1.54, 1.807) is 49.8 Å². The van der Waals surface area contributed by atoms with Crippen molar-refractivity contribution in [2.45, 2.75) is 0 Å². The minimum absolute atomic E-state index is 0.195. The van der Waals surface area contributed by atoms with Gasteiger partial charge in [0.15, 0.2) is 5.65 Å². The zero-order valence-corrected chi connectivity index (χ0v) is 21.0. The molecular formula is C24H27N8O4S+. The molecule has 0 aliphatic carbocycles. The molecule has 0 unspecified atom stereocenters. The number of carbonyl (C=O) groups is 2. The monoisotopic (exact) mass is 523 g/mol. The van der Waals surface area contributed by atoms with Crippen LogP contribution in [0.4, 0.5) is 15.6 Å². The van der Waals surface area contributed by atoms with E-state index in [2.05, 4.69) is 41.0 Å². The third-order valence-electron chi connectivity index (χ3n) is 5.84. The zero-order valence-electron chi connectivity index (χ0n) is 20.2. The van der Waals surface area contributed by atoms with Gasteiger partial charge in [0.1, 0.15) is 11.9 Å². The average Bonchev–Trinajstić information content (AvgIpc) is 3.58. The van der Waals surface area contributed by atoms with Gasteiger partial charge >= 0.3 is 11.2 Å². The topological polar surface area (TPSA) is 148 Å². The predicted octanol–water partition coefficient (Wildman–Crippen LogP) is 2.22. The Morgan fingerprint density at radius 1 is 1.24 bits per heavy atom. The standard InChI is InChI=1S/C24H26N8O4S/c1-35-16-4-2-3-15(11-16)28-23(34)30-24-26-14-20(37-24)19-12-17(18-13-27-31-21(18)29-19)22(33)25-5-6-32-7-9-36-10-8-32/h2-4,11-14H,5-10H2,1H3,(H,25,33)(H,27,29,31)(H2,26,28,30,34)/p+1. The van der Waals surface area contributed by atoms with Crippen LogP contribution in [-0.2, 0) is 4.74 Å². The number of ether oxygens (including phenoxy) is 2. The summed E-state index contributed by atoms with van der Waals surface area (Å²) in [6.07, 6.45) is 3.33. The molecule has 5 rings (SSSR count). The lowest BCUT2D eigenvalue weighted by Crippen LogP contribution is -2.41. The largest absolute Gasteiger partial charge is 0.497 e. The fraction of sp³-hybridized carbons (Fsp3) is 0.292. The van der Waals surface area contributed by atoms with Crippen molar-refractivity contribution in [3.05, 3.63) is 48.3 Å². The van der Waals surface area contributed by atoms with Gasteiger partial charge in [0.25, 0.3) is 5.91 Å². The summed E-state index contributed by atoms with van der Waals surface area (Å²) >= 11 is 1.30. The fourth-order valence-electron chi connectivity index (χ4n) is 3.94. The second-order valence-electron chi connectivity index (χ2n) is 8.29. The van der Waals surface area contributed by atoms with E-state index in [4.69, 9.17) is 9.47 Å². The van der Waals surface area contributed by atoms with E-state index in [0.29, 0.717) is 58.6 Å². The summed E-state index contributed by atoms with van der Waals surface area (Å²) < 4.78 is 10.6. The fourth-order valence-corrected chi connectivity index (χ4v) is 4.75. The number of carbonyl (C=O) groups excluding carboxylic acids is 2. The zero-order chi connectivity index (χ0) is 25.6. The van der Waals surface area contributed by atoms with E-state index in [1.165, 1.54) is 11.3 Å². The van der Waals surface area contributed by atoms with E-state index in [9.17, 15) is 9.59 Å². The molecule has 1 fully saturated rings. The second kappa shape index (κ2) is 11.3. The number of fused-ring (bicyclic) bond motifs is 1. The number of pyridine rings is 1. The van der Waals surface area contributed by atoms with E-state index in [1.807, 2.05) is 0 Å². The molecule has 12 nitrogen and oxygen atoms in total. The van der Waals surface area contributed by atoms with Gasteiger partial charge in [-0.25, -0.2) is 14.8 Å². The molecule has 0 radical (unpaired) electrons. The van der Waals surface area contributed by atoms with Crippen LogP contribution < -0.4 is 25.7 Å². The SMILES string of the molecule is COc1cccc(NC(=O)Nc2[nH+]cc(-c3cc(C(=O)NCCN4CCOCC4)c4cn[nH]c4n3)s2)c1. The summed E-state index contributed by atoms with van der Waals surface area (Å²) in [7, 11) is 1.57. The highest BCUT2D eigenvalue weighted by molar-refractivity contribution is 7.18. The number of amides is 3. The Hall–Kier alpha value is -4.07. The summed E-state index contributed by atoms with van der Waals surface area (Å²) in [5.74, 6) is 0.448. The Balaban J connectivity index is 1.27. The van der Waals surface area contributed by atoms with Gasteiger partial charge in [0.2, 0.25) is 0 Å². The lowest BCUT2D eigenvalue weighted by molar-refractivity contribution is -0.353. The van der Waals surface area contributed by atoms with Crippen LogP contribution in [0.15, 0.2) is 42.7 Å². The Labute approximate surface area is 216 Å². The number of rotatable bonds is 8. The molecule has 1 aliphatic heterocycles. The van der Waals surface area contributed by atoms with E-state index >= 15 is 0 Å². The number of benzene rings is 1. The van der Waals surface area contributed by atoms with Gasteiger partial charge in [0.05, 0.1) is 48.0 Å². The Bertz CT molecular complexity index is 1400. The van der Waals surface area contributed by atoms with Gasteiger partial charge < -0.3 is 14.8 Å². The molecule has 3 amide bonds. The summed E-state index contributed by atoms with van der Waals surface area (Å²) in [5, 5.41) is 16.6. The van der Waals surface area contributed by atoms with Crippen LogP contribution in [0.2, 0.25) is 0 Å². The molecule has 5 N–H and O–H groups in total. The van der Waals surface area contributed by atoms with Gasteiger partial charge in [-0.2, -0.15) is 10.4 Å². The number of urea groups is 1. The lowest BCUT2D eigenvalue weighted by atomic mass is 10.1. The van der Waals surface area contributed by atoms with Crippen molar-refractivity contribution in [1.82, 2.24) is 25.4 Å². The van der Waals surface area contributed by atoms with Crippen LogP contribution in [0.25, 0.3) is 21.6 Å². The Morgan fingerprint density at radius 3 is 2.95 bits per heavy atom. The first-order valence-corrected chi connectivity index (χ1v) is 12.6. The number of aromatic nitrogens is 4. The molecule has 1 aliphatic rings. The van der Waals surface area contributed by atoms with Crippen molar-refractivity contribution in [1.29, 1.82) is 0 Å². The van der Waals surface area contributed by atoms with E-state index in [-0.39, 0.29) is 5.91 Å². The smallest absolute Gasteiger partial charge is 0.411 e. The highest BCUT2D eigenvalue weighted by Crippen LogP contribution is 2.29. The number of hydrogen-bond donors (Lipinski definition) is 4. The molecular weight excluding hydrogens is 496 g/mol. The highest BCUT2D eigenvalue weighted by Gasteiger charge is 2.20. The first-order chi connectivity index (χ1) is 18.1. The molecule has 1 saturated heterocycles. The molecule has 3 aromatic heterocycles. The maximum atomic E-state index is 13.0. The molecule has 0 atom stereocenters. The maximum absolute atomic E-state index is 13.0. The van der Waals surface area contributed by atoms with Gasteiger partial charge in [0, 0.05) is 37.9 Å². The summed E-state index contributed by atoms with van der Waals surface area (Å²) in [4.78, 5) is 36.2. The third kappa shape index (κ3) is 6.02. The number of hydrogen-bond acceptors (Lipinski definition) is 8. The molecule has 0 saturated carbocycles. The molecule has 4 aromatic rings. The van der Waals surface area contributed by atoms with Crippen molar-refractivity contribution < 1.29 is 24.0 Å². The van der Waals surface area contributed by atoms with Crippen LogP contribution in [0.3, 0.4) is 0 Å². The summed E-state index contributed by atoms with van der Waals surface area (Å²) in [6.45, 7) is 4.45. The molecule has 192 valence electrons. The summed E-state index contributed by atoms with van der Waals surface area (Å²) in [6, 6.07) is 8.40. The van der Waals surface area contributed by atoms with Gasteiger partial charge in [-0.3, -0.25) is 20.1 Å². The van der Waals surface area contributed by atoms with Crippen LogP contribution in [-0.4, -0.2) is 78.5 Å². The Kier molecular flexibility index (Phi) is 7.54. The van der Waals surface area contributed by atoms with Crippen LogP contribution in [0.1, 0.15) is 10.4 Å². The van der Waals surface area contributed by atoms with Crippen LogP contribution >= 0.6 is 11.3 Å². The molecule has 4 heterocycles. The van der Waals surface area contributed by atoms with Crippen molar-refractivity contribution in [2.75, 3.05) is 57.1 Å². The van der Waals surface area contributed by atoms with Crippen LogP contribution in [0.5, 0.6) is 5.75 Å². The van der Waals surface area contributed by atoms with Gasteiger partial charge in [-0.15, -0.1) is 0 Å². The van der Waals surface area contributed by atoms with Crippen molar-refractivity contribution >= 4 is 45.1 Å². The number of methoxy groups -OCH3 is 1. The quantitative estimate of drug-likeness (QED) is 0.277. The number of aromatic amines is 2. The first-order valence-electron chi connectivity index (χ1n) is 11.8. The second-order valence-corrected chi connectivity index (χ2v) is 9.34. The minimum Gasteiger partial charge on any atom is -0.497 e. The predicted molar refractivity (Wildman–Crippen MR) is 139 cm³/mol. The summed E-state index contributed by atoms with van der Waals surface area (Å²) in [5.41, 5.74) is 2.17. The normalized spacial score (nSPS) is 13.9. The number of nitrogens with zero attached hydrogens (tertiary/aromatic N) is 3. The molecule has 0 spiro atoms. The first kappa shape index (κ1) is 24.6. The Morgan fingerprint density at radius 2 is 2.11 bits per heavy atom. The number of nitrogens with one attached hydrogen (secondary N) is 5. The van der Waals surface area contributed by atoms with E-state index < -0.39 is 6.03 Å². The number of morpholine rings is 1. The van der Waals surface area contributed by atoms with Crippen molar-refractivity contribution in [3.63, 3.8) is 0 Å². The van der Waals surface area contributed by atoms with Gasteiger partial charge in [-0.1, -0.05) is 6.07 Å². The van der Waals surface area contributed by atoms with Crippen molar-refractivity contribution in [2.24, 2.45) is 0 Å². The number of anilines is 2. The lowest BCUT2D eigenvalue weighted by Gasteiger charge is -2.26. The third-order valence-corrected chi connectivity index (χ3v) is 6.81. The van der Waals surface area contributed by atoms with Gasteiger partial charge in [-0.05, 0) is 29.5 Å². The molecule has 1 aromatic carbocycles. The molecule has 13 heteroatoms. The average molecular weight is 524 g/mol.